The number of nitrogens with zero attached hydrogens (tertiary/aromatic N) is 2. The normalized spacial score (nSPS) is 16.9. The minimum atomic E-state index is -1.08. The Labute approximate surface area is 160 Å². The van der Waals surface area contributed by atoms with Crippen LogP contribution in [0.3, 0.4) is 0 Å². The summed E-state index contributed by atoms with van der Waals surface area (Å²) < 4.78 is 10.7. The Balaban J connectivity index is 1.58. The van der Waals surface area contributed by atoms with Gasteiger partial charge >= 0.3 is 5.97 Å². The van der Waals surface area contributed by atoms with Crippen LogP contribution < -0.4 is 4.74 Å². The first kappa shape index (κ1) is 19.1. The lowest BCUT2D eigenvalue weighted by Crippen LogP contribution is -2.42. The first-order chi connectivity index (χ1) is 13.0. The van der Waals surface area contributed by atoms with E-state index in [4.69, 9.17) is 14.6 Å². The fourth-order valence-corrected chi connectivity index (χ4v) is 3.68. The van der Waals surface area contributed by atoms with Crippen molar-refractivity contribution < 1.29 is 29.3 Å². The van der Waals surface area contributed by atoms with Crippen LogP contribution in [0.4, 0.5) is 0 Å². The summed E-state index contributed by atoms with van der Waals surface area (Å²) in [5.41, 5.74) is 0.886. The van der Waals surface area contributed by atoms with Crippen LogP contribution >= 0.6 is 11.3 Å². The fourth-order valence-electron chi connectivity index (χ4n) is 2.85. The summed E-state index contributed by atoms with van der Waals surface area (Å²) >= 11 is 1.22. The molecule has 0 radical (unpaired) electrons. The highest BCUT2D eigenvalue weighted by molar-refractivity contribution is 7.09. The van der Waals surface area contributed by atoms with Gasteiger partial charge in [-0.1, -0.05) is 6.07 Å². The lowest BCUT2D eigenvalue weighted by Gasteiger charge is -2.32. The molecule has 8 nitrogen and oxygen atoms in total. The highest BCUT2D eigenvalue weighted by atomic mass is 32.1. The molecule has 1 saturated heterocycles. The number of rotatable bonds is 6. The molecule has 2 heterocycles. The van der Waals surface area contributed by atoms with Crippen molar-refractivity contribution in [2.45, 2.75) is 18.9 Å². The van der Waals surface area contributed by atoms with Crippen LogP contribution in [-0.2, 0) is 16.0 Å². The smallest absolute Gasteiger partial charge is 0.355 e. The summed E-state index contributed by atoms with van der Waals surface area (Å²) in [6, 6.07) is 5.02. The molecule has 0 saturated carbocycles. The fraction of sp³-hybridized carbons (Fsp3) is 0.389. The molecule has 9 heteroatoms. The van der Waals surface area contributed by atoms with Gasteiger partial charge in [-0.15, -0.1) is 11.3 Å². The van der Waals surface area contributed by atoms with Crippen LogP contribution in [0.5, 0.6) is 11.5 Å². The van der Waals surface area contributed by atoms with Crippen LogP contribution in [0.1, 0.15) is 33.6 Å². The van der Waals surface area contributed by atoms with Gasteiger partial charge in [0.25, 0.3) is 0 Å². The number of morpholine rings is 1. The highest BCUT2D eigenvalue weighted by Gasteiger charge is 2.27. The molecule has 0 aliphatic carbocycles. The zero-order valence-corrected chi connectivity index (χ0v) is 15.6. The molecular weight excluding hydrogens is 372 g/mol. The van der Waals surface area contributed by atoms with Gasteiger partial charge in [0.15, 0.2) is 17.2 Å². The van der Waals surface area contributed by atoms with E-state index in [0.717, 1.165) is 5.56 Å². The molecule has 2 aromatic rings. The van der Waals surface area contributed by atoms with Crippen molar-refractivity contribution in [2.24, 2.45) is 0 Å². The molecule has 1 unspecified atom stereocenters. The minimum Gasteiger partial charge on any atom is -0.504 e. The van der Waals surface area contributed by atoms with Gasteiger partial charge in [-0.2, -0.15) is 0 Å². The molecule has 1 amide bonds. The summed E-state index contributed by atoms with van der Waals surface area (Å²) in [6.45, 7) is 1.22. The molecule has 1 aromatic carbocycles. The van der Waals surface area contributed by atoms with E-state index in [2.05, 4.69) is 4.98 Å². The molecule has 2 N–H and O–H groups in total. The Hall–Kier alpha value is -2.65. The number of aromatic carboxylic acids is 1. The summed E-state index contributed by atoms with van der Waals surface area (Å²) in [7, 11) is 1.48. The van der Waals surface area contributed by atoms with Crippen LogP contribution in [0.25, 0.3) is 0 Å². The number of phenols is 1. The maximum atomic E-state index is 12.6. The summed E-state index contributed by atoms with van der Waals surface area (Å²) in [5.74, 6) is -0.645. The molecule has 1 aliphatic heterocycles. The number of carbonyl (C=O) groups is 2. The van der Waals surface area contributed by atoms with Gasteiger partial charge < -0.3 is 24.6 Å². The number of benzene rings is 1. The van der Waals surface area contributed by atoms with Gasteiger partial charge in [-0.05, 0) is 24.1 Å². The number of thiazole rings is 1. The van der Waals surface area contributed by atoms with Crippen molar-refractivity contribution in [3.8, 4) is 11.5 Å². The summed E-state index contributed by atoms with van der Waals surface area (Å²) in [4.78, 5) is 29.3. The Morgan fingerprint density at radius 3 is 2.96 bits per heavy atom. The molecule has 1 aromatic heterocycles. The van der Waals surface area contributed by atoms with Crippen molar-refractivity contribution in [1.82, 2.24) is 9.88 Å². The average Bonchev–Trinajstić information content (AvgIpc) is 3.18. The van der Waals surface area contributed by atoms with E-state index in [9.17, 15) is 14.7 Å². The first-order valence-corrected chi connectivity index (χ1v) is 9.30. The largest absolute Gasteiger partial charge is 0.504 e. The number of aromatic hydroxyl groups is 1. The van der Waals surface area contributed by atoms with E-state index in [1.54, 1.807) is 23.1 Å². The van der Waals surface area contributed by atoms with Crippen LogP contribution in [-0.4, -0.2) is 58.8 Å². The second-order valence-corrected chi connectivity index (χ2v) is 6.97. The quantitative estimate of drug-likeness (QED) is 0.775. The number of aromatic nitrogens is 1. The van der Waals surface area contributed by atoms with Crippen molar-refractivity contribution in [1.29, 1.82) is 0 Å². The number of methoxy groups -OCH3 is 1. The molecule has 0 spiro atoms. The molecule has 3 rings (SSSR count). The number of amides is 1. The monoisotopic (exact) mass is 392 g/mol. The molecule has 1 fully saturated rings. The number of carboxylic acids is 1. The van der Waals surface area contributed by atoms with E-state index in [0.29, 0.717) is 43.3 Å². The van der Waals surface area contributed by atoms with E-state index in [1.165, 1.54) is 23.8 Å². The third kappa shape index (κ3) is 4.55. The topological polar surface area (TPSA) is 109 Å². The van der Waals surface area contributed by atoms with Gasteiger partial charge in [0.05, 0.1) is 20.3 Å². The minimum absolute atomic E-state index is 0.00893. The SMILES string of the molecule is COc1cc(CCC(=O)N2CCOC(c3nc(C(=O)O)cs3)C2)ccc1O. The predicted octanol–water partition coefficient (Wildman–Crippen LogP) is 2.09. The Morgan fingerprint density at radius 1 is 1.44 bits per heavy atom. The van der Waals surface area contributed by atoms with E-state index in [-0.39, 0.29) is 17.4 Å². The Bertz CT molecular complexity index is 837. The highest BCUT2D eigenvalue weighted by Crippen LogP contribution is 2.28. The molecule has 1 atom stereocenters. The van der Waals surface area contributed by atoms with Gasteiger partial charge in [-0.25, -0.2) is 9.78 Å². The van der Waals surface area contributed by atoms with E-state index in [1.807, 2.05) is 0 Å². The standard InChI is InChI=1S/C18H20N2O6S/c1-25-14-8-11(2-4-13(14)21)3-5-16(22)20-6-7-26-15(9-20)17-19-12(10-27-17)18(23)24/h2,4,8,10,15,21H,3,5-7,9H2,1H3,(H,23,24). The van der Waals surface area contributed by atoms with Crippen LogP contribution in [0.2, 0.25) is 0 Å². The molecular formula is C18H20N2O6S. The lowest BCUT2D eigenvalue weighted by atomic mass is 10.1. The van der Waals surface area contributed by atoms with Crippen LogP contribution in [0.15, 0.2) is 23.6 Å². The van der Waals surface area contributed by atoms with Gasteiger partial charge in [0, 0.05) is 18.3 Å². The maximum absolute atomic E-state index is 12.6. The van der Waals surface area contributed by atoms with E-state index >= 15 is 0 Å². The molecule has 27 heavy (non-hydrogen) atoms. The molecule has 1 aliphatic rings. The Morgan fingerprint density at radius 2 is 2.26 bits per heavy atom. The second kappa shape index (κ2) is 8.36. The number of carboxylic acid groups (broad SMARTS) is 1. The molecule has 0 bridgehead atoms. The number of aryl methyl sites for hydroxylation is 1. The van der Waals surface area contributed by atoms with Crippen LogP contribution in [0, 0.1) is 0 Å². The second-order valence-electron chi connectivity index (χ2n) is 6.08. The zero-order valence-electron chi connectivity index (χ0n) is 14.8. The van der Waals surface area contributed by atoms with Crippen molar-refractivity contribution >= 4 is 23.2 Å². The molecule has 144 valence electrons. The van der Waals surface area contributed by atoms with Crippen molar-refractivity contribution in [3.05, 3.63) is 39.8 Å². The van der Waals surface area contributed by atoms with Crippen molar-refractivity contribution in [3.63, 3.8) is 0 Å². The van der Waals surface area contributed by atoms with Gasteiger partial charge in [0.2, 0.25) is 5.91 Å². The maximum Gasteiger partial charge on any atom is 0.355 e. The summed E-state index contributed by atoms with van der Waals surface area (Å²) in [5, 5.41) is 20.7. The Kier molecular flexibility index (Phi) is 5.92. The number of hydrogen-bond donors (Lipinski definition) is 2. The summed E-state index contributed by atoms with van der Waals surface area (Å²) in [6.07, 6.45) is 0.436. The number of ether oxygens (including phenoxy) is 2. The van der Waals surface area contributed by atoms with Crippen molar-refractivity contribution in [2.75, 3.05) is 26.8 Å². The van der Waals surface area contributed by atoms with E-state index < -0.39 is 12.1 Å². The zero-order chi connectivity index (χ0) is 19.4. The third-order valence-electron chi connectivity index (χ3n) is 4.31. The lowest BCUT2D eigenvalue weighted by molar-refractivity contribution is -0.139. The first-order valence-electron chi connectivity index (χ1n) is 8.42. The average molecular weight is 392 g/mol. The van der Waals surface area contributed by atoms with Gasteiger partial charge in [0.1, 0.15) is 11.1 Å². The number of carbonyl (C=O) groups excluding carboxylic acids is 1. The third-order valence-corrected chi connectivity index (χ3v) is 5.24. The number of hydrogen-bond acceptors (Lipinski definition) is 7. The van der Waals surface area contributed by atoms with Gasteiger partial charge in [-0.3, -0.25) is 4.79 Å². The predicted molar refractivity (Wildman–Crippen MR) is 97.3 cm³/mol. The number of phenolic OH excluding ortho intramolecular Hbond substituents is 1.